The van der Waals surface area contributed by atoms with Crippen molar-refractivity contribution in [2.24, 2.45) is 5.92 Å². The van der Waals surface area contributed by atoms with E-state index in [1.807, 2.05) is 7.05 Å². The van der Waals surface area contributed by atoms with Crippen LogP contribution < -0.4 is 5.32 Å². The van der Waals surface area contributed by atoms with Gasteiger partial charge in [-0.3, -0.25) is 0 Å². The van der Waals surface area contributed by atoms with Crippen LogP contribution in [0.2, 0.25) is 0 Å². The minimum atomic E-state index is 0.465. The van der Waals surface area contributed by atoms with Crippen LogP contribution in [0.25, 0.3) is 0 Å². The Kier molecular flexibility index (Phi) is 1.71. The zero-order valence-corrected chi connectivity index (χ0v) is 8.71. The molecule has 2 aliphatic rings. The Morgan fingerprint density at radius 3 is 2.86 bits per heavy atom. The second-order valence-corrected chi connectivity index (χ2v) is 4.63. The SMILES string of the molecule is CNC1c2c(C3CC3)noc2CC1C. The van der Waals surface area contributed by atoms with Crippen molar-refractivity contribution in [1.82, 2.24) is 10.5 Å². The van der Waals surface area contributed by atoms with Crippen LogP contribution >= 0.6 is 0 Å². The molecule has 0 aromatic carbocycles. The molecule has 1 saturated carbocycles. The second kappa shape index (κ2) is 2.83. The Hall–Kier alpha value is -0.830. The molecule has 0 radical (unpaired) electrons. The first-order chi connectivity index (χ1) is 6.81. The maximum atomic E-state index is 5.42. The summed E-state index contributed by atoms with van der Waals surface area (Å²) < 4.78 is 5.42. The van der Waals surface area contributed by atoms with Crippen molar-refractivity contribution in [3.05, 3.63) is 17.0 Å². The van der Waals surface area contributed by atoms with Crippen molar-refractivity contribution in [3.8, 4) is 0 Å². The highest BCUT2D eigenvalue weighted by molar-refractivity contribution is 5.36. The third kappa shape index (κ3) is 1.05. The summed E-state index contributed by atoms with van der Waals surface area (Å²) in [5.74, 6) is 2.47. The Morgan fingerprint density at radius 2 is 2.21 bits per heavy atom. The van der Waals surface area contributed by atoms with Gasteiger partial charge in [-0.1, -0.05) is 12.1 Å². The van der Waals surface area contributed by atoms with Gasteiger partial charge in [0.05, 0.1) is 5.69 Å². The van der Waals surface area contributed by atoms with Crippen molar-refractivity contribution in [2.75, 3.05) is 7.05 Å². The van der Waals surface area contributed by atoms with E-state index in [0.29, 0.717) is 17.9 Å². The first kappa shape index (κ1) is 8.48. The topological polar surface area (TPSA) is 38.1 Å². The monoisotopic (exact) mass is 192 g/mol. The van der Waals surface area contributed by atoms with E-state index in [4.69, 9.17) is 4.52 Å². The molecule has 1 N–H and O–H groups in total. The molecule has 2 aliphatic carbocycles. The minimum absolute atomic E-state index is 0.465. The van der Waals surface area contributed by atoms with Crippen molar-refractivity contribution in [3.63, 3.8) is 0 Å². The van der Waals surface area contributed by atoms with E-state index in [1.54, 1.807) is 0 Å². The molecule has 2 unspecified atom stereocenters. The Labute approximate surface area is 83.9 Å². The fourth-order valence-corrected chi connectivity index (χ4v) is 2.60. The standard InChI is InChI=1S/C11H16N2O/c1-6-5-8-9(10(6)12-2)11(13-14-8)7-3-4-7/h6-7,10,12H,3-5H2,1-2H3. The van der Waals surface area contributed by atoms with Gasteiger partial charge >= 0.3 is 0 Å². The molecule has 0 aliphatic heterocycles. The number of hydrogen-bond donors (Lipinski definition) is 1. The molecule has 1 fully saturated rings. The molecule has 2 atom stereocenters. The summed E-state index contributed by atoms with van der Waals surface area (Å²) in [5, 5.41) is 7.60. The van der Waals surface area contributed by atoms with Gasteiger partial charge in [0.15, 0.2) is 0 Å². The molecule has 0 amide bonds. The van der Waals surface area contributed by atoms with Crippen molar-refractivity contribution >= 4 is 0 Å². The van der Waals surface area contributed by atoms with E-state index < -0.39 is 0 Å². The maximum Gasteiger partial charge on any atom is 0.142 e. The van der Waals surface area contributed by atoms with Crippen LogP contribution in [-0.2, 0) is 6.42 Å². The normalized spacial score (nSPS) is 30.7. The van der Waals surface area contributed by atoms with Crippen molar-refractivity contribution in [1.29, 1.82) is 0 Å². The average Bonchev–Trinajstić information content (AvgIpc) is 2.85. The van der Waals surface area contributed by atoms with Gasteiger partial charge in [0.25, 0.3) is 0 Å². The predicted octanol–water partition coefficient (Wildman–Crippen LogP) is 2.00. The van der Waals surface area contributed by atoms with Gasteiger partial charge in [0, 0.05) is 23.9 Å². The smallest absolute Gasteiger partial charge is 0.142 e. The lowest BCUT2D eigenvalue weighted by atomic mass is 10.0. The number of nitrogens with zero attached hydrogens (tertiary/aromatic N) is 1. The Morgan fingerprint density at radius 1 is 1.43 bits per heavy atom. The van der Waals surface area contributed by atoms with Gasteiger partial charge in [0.1, 0.15) is 5.76 Å². The lowest BCUT2D eigenvalue weighted by Gasteiger charge is -2.15. The number of aromatic nitrogens is 1. The average molecular weight is 192 g/mol. The van der Waals surface area contributed by atoms with Crippen molar-refractivity contribution < 1.29 is 4.52 Å². The molecule has 3 heteroatoms. The molecule has 3 nitrogen and oxygen atoms in total. The molecule has 1 aromatic rings. The van der Waals surface area contributed by atoms with E-state index in [-0.39, 0.29) is 0 Å². The van der Waals surface area contributed by atoms with Crippen LogP contribution in [0.1, 0.15) is 48.7 Å². The zero-order chi connectivity index (χ0) is 9.71. The van der Waals surface area contributed by atoms with Crippen LogP contribution in [0.3, 0.4) is 0 Å². The lowest BCUT2D eigenvalue weighted by molar-refractivity contribution is 0.356. The highest BCUT2D eigenvalue weighted by Gasteiger charge is 2.39. The number of fused-ring (bicyclic) bond motifs is 1. The quantitative estimate of drug-likeness (QED) is 0.778. The van der Waals surface area contributed by atoms with Gasteiger partial charge in [-0.05, 0) is 25.8 Å². The summed E-state index contributed by atoms with van der Waals surface area (Å²) in [5.41, 5.74) is 2.62. The minimum Gasteiger partial charge on any atom is -0.361 e. The van der Waals surface area contributed by atoms with E-state index >= 15 is 0 Å². The van der Waals surface area contributed by atoms with Gasteiger partial charge in [0.2, 0.25) is 0 Å². The number of nitrogens with one attached hydrogen (secondary N) is 1. The van der Waals surface area contributed by atoms with Crippen LogP contribution in [0.15, 0.2) is 4.52 Å². The first-order valence-corrected chi connectivity index (χ1v) is 5.47. The van der Waals surface area contributed by atoms with Crippen molar-refractivity contribution in [2.45, 2.75) is 38.1 Å². The molecule has 0 bridgehead atoms. The van der Waals surface area contributed by atoms with Crippen LogP contribution in [-0.4, -0.2) is 12.2 Å². The molecule has 0 spiro atoms. The summed E-state index contributed by atoms with van der Waals surface area (Å²) >= 11 is 0. The zero-order valence-electron chi connectivity index (χ0n) is 8.71. The fraction of sp³-hybridized carbons (Fsp3) is 0.727. The van der Waals surface area contributed by atoms with Gasteiger partial charge in [-0.2, -0.15) is 0 Å². The summed E-state index contributed by atoms with van der Waals surface area (Å²) in [6.45, 7) is 2.27. The highest BCUT2D eigenvalue weighted by Crippen LogP contribution is 2.47. The molecule has 0 saturated heterocycles. The molecular formula is C11H16N2O. The largest absolute Gasteiger partial charge is 0.361 e. The van der Waals surface area contributed by atoms with Crippen LogP contribution in [0, 0.1) is 5.92 Å². The second-order valence-electron chi connectivity index (χ2n) is 4.63. The molecule has 3 rings (SSSR count). The highest BCUT2D eigenvalue weighted by atomic mass is 16.5. The Bertz CT molecular complexity index is 354. The van der Waals surface area contributed by atoms with E-state index in [1.165, 1.54) is 24.1 Å². The summed E-state index contributed by atoms with van der Waals surface area (Å²) in [7, 11) is 2.03. The molecule has 76 valence electrons. The third-order valence-corrected chi connectivity index (χ3v) is 3.49. The number of rotatable bonds is 2. The van der Waals surface area contributed by atoms with E-state index in [0.717, 1.165) is 12.2 Å². The molecular weight excluding hydrogens is 176 g/mol. The molecule has 1 aromatic heterocycles. The summed E-state index contributed by atoms with van der Waals surface area (Å²) in [4.78, 5) is 0. The predicted molar refractivity (Wildman–Crippen MR) is 53.1 cm³/mol. The molecule has 14 heavy (non-hydrogen) atoms. The van der Waals surface area contributed by atoms with Gasteiger partial charge < -0.3 is 9.84 Å². The first-order valence-electron chi connectivity index (χ1n) is 5.47. The van der Waals surface area contributed by atoms with Crippen LogP contribution in [0.5, 0.6) is 0 Å². The Balaban J connectivity index is 2.03. The fourth-order valence-electron chi connectivity index (χ4n) is 2.60. The van der Waals surface area contributed by atoms with E-state index in [2.05, 4.69) is 17.4 Å². The molecule has 1 heterocycles. The van der Waals surface area contributed by atoms with E-state index in [9.17, 15) is 0 Å². The maximum absolute atomic E-state index is 5.42. The van der Waals surface area contributed by atoms with Gasteiger partial charge in [-0.25, -0.2) is 0 Å². The number of hydrogen-bond acceptors (Lipinski definition) is 3. The summed E-state index contributed by atoms with van der Waals surface area (Å²) in [6, 6.07) is 0.465. The summed E-state index contributed by atoms with van der Waals surface area (Å²) in [6.07, 6.45) is 3.63. The third-order valence-electron chi connectivity index (χ3n) is 3.49. The lowest BCUT2D eigenvalue weighted by Crippen LogP contribution is -2.20. The van der Waals surface area contributed by atoms with Gasteiger partial charge in [-0.15, -0.1) is 0 Å². The van der Waals surface area contributed by atoms with Crippen LogP contribution in [0.4, 0.5) is 0 Å².